The Hall–Kier alpha value is -5.03. The highest BCUT2D eigenvalue weighted by molar-refractivity contribution is 9.10. The lowest BCUT2D eigenvalue weighted by molar-refractivity contribution is 0.102. The van der Waals surface area contributed by atoms with Crippen LogP contribution in [0.2, 0.25) is 0 Å². The number of anilines is 4. The van der Waals surface area contributed by atoms with Gasteiger partial charge in [0, 0.05) is 33.1 Å². The van der Waals surface area contributed by atoms with Crippen molar-refractivity contribution in [3.05, 3.63) is 101 Å². The second-order valence-electron chi connectivity index (χ2n) is 10.8. The normalized spacial score (nSPS) is 12.5. The number of rotatable bonds is 9. The summed E-state index contributed by atoms with van der Waals surface area (Å²) in [5.74, 6) is 1.51. The molecule has 1 saturated carbocycles. The van der Waals surface area contributed by atoms with E-state index in [1.54, 1.807) is 42.5 Å². The Labute approximate surface area is 262 Å². The summed E-state index contributed by atoms with van der Waals surface area (Å²) >= 11 is 3.41. The number of fused-ring (bicyclic) bond motifs is 1. The molecule has 222 valence electrons. The number of aromatic nitrogens is 3. The number of amides is 3. The number of halogens is 1. The molecule has 44 heavy (non-hydrogen) atoms. The van der Waals surface area contributed by atoms with Crippen LogP contribution in [0.15, 0.2) is 89.7 Å². The first-order chi connectivity index (χ1) is 21.3. The highest BCUT2D eigenvalue weighted by Crippen LogP contribution is 2.35. The van der Waals surface area contributed by atoms with E-state index in [0.717, 1.165) is 28.4 Å². The molecule has 0 unspecified atom stereocenters. The zero-order valence-corrected chi connectivity index (χ0v) is 25.7. The van der Waals surface area contributed by atoms with Gasteiger partial charge in [-0.15, -0.1) is 0 Å². The minimum atomic E-state index is -0.280. The number of nitrogens with one attached hydrogen (secondary N) is 4. The Balaban J connectivity index is 1.28. The fraction of sp³-hybridized carbons (Fsp3) is 0.182. The zero-order valence-electron chi connectivity index (χ0n) is 24.1. The number of carbonyl (C=O) groups is 2. The lowest BCUT2D eigenvalue weighted by Crippen LogP contribution is -2.30. The third-order valence-corrected chi connectivity index (χ3v) is 7.49. The number of hydrogen-bond acceptors (Lipinski definition) is 7. The molecule has 0 spiro atoms. The van der Waals surface area contributed by atoms with Gasteiger partial charge in [-0.1, -0.05) is 29.8 Å². The first-order valence-corrected chi connectivity index (χ1v) is 15.0. The van der Waals surface area contributed by atoms with Gasteiger partial charge >= 0.3 is 6.03 Å². The Kier molecular flexibility index (Phi) is 8.38. The summed E-state index contributed by atoms with van der Waals surface area (Å²) in [5, 5.41) is 12.7. The molecular formula is C33H30BrN7O3. The van der Waals surface area contributed by atoms with Gasteiger partial charge in [-0.3, -0.25) is 4.79 Å². The predicted octanol–water partition coefficient (Wildman–Crippen LogP) is 7.98. The summed E-state index contributed by atoms with van der Waals surface area (Å²) in [4.78, 5) is 38.9. The molecule has 3 amide bonds. The molecule has 2 aromatic heterocycles. The zero-order chi connectivity index (χ0) is 30.6. The topological polar surface area (TPSA) is 130 Å². The number of benzene rings is 3. The van der Waals surface area contributed by atoms with Crippen molar-refractivity contribution >= 4 is 61.8 Å². The SMILES string of the molecule is CC(C)c1ccc2c(Nc3cc(C(=O)Nc4ccc(Br)cc4)ccc3Oc3ccc(NC(=O)NC4CC4)cc3)ncnc2n1. The van der Waals surface area contributed by atoms with Crippen molar-refractivity contribution in [3.63, 3.8) is 0 Å². The highest BCUT2D eigenvalue weighted by atomic mass is 79.9. The fourth-order valence-electron chi connectivity index (χ4n) is 4.41. The fourth-order valence-corrected chi connectivity index (χ4v) is 4.68. The van der Waals surface area contributed by atoms with Crippen LogP contribution < -0.4 is 26.0 Å². The molecule has 11 heteroatoms. The smallest absolute Gasteiger partial charge is 0.319 e. The van der Waals surface area contributed by atoms with Gasteiger partial charge in [0.1, 0.15) is 17.9 Å². The first kappa shape index (κ1) is 29.1. The predicted molar refractivity (Wildman–Crippen MR) is 175 cm³/mol. The molecule has 0 saturated heterocycles. The molecule has 1 fully saturated rings. The van der Waals surface area contributed by atoms with Crippen LogP contribution in [-0.2, 0) is 0 Å². The summed E-state index contributed by atoms with van der Waals surface area (Å²) in [6.07, 6.45) is 3.49. The molecule has 0 radical (unpaired) electrons. The summed E-state index contributed by atoms with van der Waals surface area (Å²) in [6.45, 7) is 4.16. The van der Waals surface area contributed by atoms with Gasteiger partial charge in [0.2, 0.25) is 0 Å². The number of hydrogen-bond donors (Lipinski definition) is 4. The lowest BCUT2D eigenvalue weighted by Gasteiger charge is -2.16. The number of ether oxygens (including phenoxy) is 1. The monoisotopic (exact) mass is 651 g/mol. The van der Waals surface area contributed by atoms with E-state index in [9.17, 15) is 9.59 Å². The number of carbonyl (C=O) groups excluding carboxylic acids is 2. The summed E-state index contributed by atoms with van der Waals surface area (Å²) < 4.78 is 7.18. The van der Waals surface area contributed by atoms with Crippen LogP contribution in [0.3, 0.4) is 0 Å². The average molecular weight is 653 g/mol. The molecule has 0 aliphatic heterocycles. The standard InChI is InChI=1S/C33H30BrN7O3/c1-19(2)27-15-14-26-30(40-27)35-18-36-31(26)41-28-17-20(32(42)37-22-6-4-21(34)5-7-22)3-16-29(28)44-25-12-10-24(11-13-25)39-33(43)38-23-8-9-23/h3-7,10-19,23H,8-9H2,1-2H3,(H,37,42)(H2,38,39,43)(H,35,36,40,41). The van der Waals surface area contributed by atoms with E-state index in [4.69, 9.17) is 4.74 Å². The first-order valence-electron chi connectivity index (χ1n) is 14.3. The number of pyridine rings is 1. The summed E-state index contributed by atoms with van der Waals surface area (Å²) in [5.41, 5.74) is 3.75. The number of nitrogens with zero attached hydrogens (tertiary/aromatic N) is 3. The lowest BCUT2D eigenvalue weighted by atomic mass is 10.1. The second-order valence-corrected chi connectivity index (χ2v) is 11.7. The molecule has 1 aliphatic carbocycles. The van der Waals surface area contributed by atoms with E-state index in [1.807, 2.05) is 36.4 Å². The quantitative estimate of drug-likeness (QED) is 0.127. The average Bonchev–Trinajstić information content (AvgIpc) is 3.83. The van der Waals surface area contributed by atoms with Crippen molar-refractivity contribution in [1.82, 2.24) is 20.3 Å². The minimum Gasteiger partial charge on any atom is -0.455 e. The van der Waals surface area contributed by atoms with E-state index in [1.165, 1.54) is 6.33 Å². The molecular weight excluding hydrogens is 622 g/mol. The summed E-state index contributed by atoms with van der Waals surface area (Å²) in [6, 6.07) is 23.5. The van der Waals surface area contributed by atoms with Gasteiger partial charge in [0.25, 0.3) is 5.91 Å². The van der Waals surface area contributed by atoms with Crippen molar-refractivity contribution in [3.8, 4) is 11.5 Å². The van der Waals surface area contributed by atoms with Gasteiger partial charge in [-0.25, -0.2) is 19.7 Å². The molecule has 5 aromatic rings. The van der Waals surface area contributed by atoms with Crippen LogP contribution in [-0.4, -0.2) is 32.9 Å². The van der Waals surface area contributed by atoms with E-state index >= 15 is 0 Å². The third kappa shape index (κ3) is 7.12. The Morgan fingerprint density at radius 2 is 1.61 bits per heavy atom. The van der Waals surface area contributed by atoms with Gasteiger partial charge in [-0.2, -0.15) is 0 Å². The molecule has 3 aromatic carbocycles. The van der Waals surface area contributed by atoms with Crippen molar-refractivity contribution in [2.24, 2.45) is 0 Å². The maximum Gasteiger partial charge on any atom is 0.319 e. The van der Waals surface area contributed by atoms with E-state index in [2.05, 4.69) is 66.0 Å². The van der Waals surface area contributed by atoms with Crippen LogP contribution in [0.4, 0.5) is 27.7 Å². The second kappa shape index (κ2) is 12.7. The largest absolute Gasteiger partial charge is 0.455 e. The van der Waals surface area contributed by atoms with Crippen LogP contribution in [0.25, 0.3) is 11.0 Å². The molecule has 0 atom stereocenters. The van der Waals surface area contributed by atoms with Crippen LogP contribution in [0, 0.1) is 0 Å². The molecule has 10 nitrogen and oxygen atoms in total. The van der Waals surface area contributed by atoms with E-state index in [0.29, 0.717) is 45.6 Å². The van der Waals surface area contributed by atoms with Gasteiger partial charge < -0.3 is 26.0 Å². The molecule has 4 N–H and O–H groups in total. The van der Waals surface area contributed by atoms with Crippen LogP contribution in [0.1, 0.15) is 48.7 Å². The molecule has 0 bridgehead atoms. The molecule has 2 heterocycles. The minimum absolute atomic E-state index is 0.225. The Morgan fingerprint density at radius 3 is 2.34 bits per heavy atom. The number of urea groups is 1. The molecule has 1 aliphatic rings. The highest BCUT2D eigenvalue weighted by Gasteiger charge is 2.23. The van der Waals surface area contributed by atoms with Gasteiger partial charge in [0.15, 0.2) is 11.4 Å². The van der Waals surface area contributed by atoms with Gasteiger partial charge in [-0.05, 0) is 97.6 Å². The van der Waals surface area contributed by atoms with E-state index in [-0.39, 0.29) is 23.9 Å². The van der Waals surface area contributed by atoms with Gasteiger partial charge in [0.05, 0.1) is 11.1 Å². The van der Waals surface area contributed by atoms with E-state index < -0.39 is 0 Å². The van der Waals surface area contributed by atoms with Crippen molar-refractivity contribution in [2.45, 2.75) is 38.6 Å². The Bertz CT molecular complexity index is 1820. The summed E-state index contributed by atoms with van der Waals surface area (Å²) in [7, 11) is 0. The van der Waals surface area contributed by atoms with Crippen LogP contribution >= 0.6 is 15.9 Å². The Morgan fingerprint density at radius 1 is 0.886 bits per heavy atom. The van der Waals surface area contributed by atoms with Crippen molar-refractivity contribution in [2.75, 3.05) is 16.0 Å². The third-order valence-electron chi connectivity index (χ3n) is 6.96. The van der Waals surface area contributed by atoms with Crippen LogP contribution in [0.5, 0.6) is 11.5 Å². The molecule has 6 rings (SSSR count). The van der Waals surface area contributed by atoms with Crippen molar-refractivity contribution in [1.29, 1.82) is 0 Å². The van der Waals surface area contributed by atoms with Crippen molar-refractivity contribution < 1.29 is 14.3 Å². The maximum atomic E-state index is 13.2. The maximum absolute atomic E-state index is 13.2.